The van der Waals surface area contributed by atoms with E-state index in [1.807, 2.05) is 54.6 Å². The van der Waals surface area contributed by atoms with Gasteiger partial charge >= 0.3 is 0 Å². The Labute approximate surface area is 241 Å². The monoisotopic (exact) mass is 620 g/mol. The van der Waals surface area contributed by atoms with E-state index in [9.17, 15) is 20.4 Å². The van der Waals surface area contributed by atoms with Crippen molar-refractivity contribution in [1.29, 1.82) is 0 Å². The number of aromatic nitrogens is 5. The van der Waals surface area contributed by atoms with Crippen molar-refractivity contribution in [3.05, 3.63) is 71.0 Å². The molecule has 0 spiro atoms. The number of aliphatic hydroxyl groups is 3. The van der Waals surface area contributed by atoms with Crippen LogP contribution in [0.15, 0.2) is 75.6 Å². The minimum atomic E-state index is -1.44. The number of hydrogen-bond acceptors (Lipinski definition) is 11. The van der Waals surface area contributed by atoms with Gasteiger partial charge in [-0.2, -0.15) is 0 Å². The lowest BCUT2D eigenvalue weighted by Crippen LogP contribution is -2.33. The first-order valence-corrected chi connectivity index (χ1v) is 13.4. The molecule has 1 fully saturated rings. The van der Waals surface area contributed by atoms with Gasteiger partial charge in [-0.3, -0.25) is 4.57 Å². The van der Waals surface area contributed by atoms with Gasteiger partial charge < -0.3 is 35.5 Å². The fourth-order valence-corrected chi connectivity index (χ4v) is 5.21. The van der Waals surface area contributed by atoms with Crippen LogP contribution < -0.4 is 5.73 Å². The van der Waals surface area contributed by atoms with Crippen molar-refractivity contribution < 1.29 is 25.2 Å². The summed E-state index contributed by atoms with van der Waals surface area (Å²) >= 11 is 3.45. The molecule has 210 valence electrons. The number of allylic oxidation sites excluding steroid dienone is 1. The third-order valence-corrected chi connectivity index (χ3v) is 7.36. The normalized spacial score (nSPS) is 21.3. The molecule has 0 aliphatic carbocycles. The van der Waals surface area contributed by atoms with Crippen molar-refractivity contribution in [3.63, 3.8) is 0 Å². The predicted molar refractivity (Wildman–Crippen MR) is 154 cm³/mol. The van der Waals surface area contributed by atoms with Crippen LogP contribution in [0.1, 0.15) is 11.8 Å². The molecule has 1 saturated heterocycles. The van der Waals surface area contributed by atoms with E-state index in [4.69, 9.17) is 10.5 Å². The smallest absolute Gasteiger partial charge is 0.254 e. The minimum absolute atomic E-state index is 0.0600. The van der Waals surface area contributed by atoms with Crippen LogP contribution in [0.4, 0.5) is 17.6 Å². The quantitative estimate of drug-likeness (QED) is 0.169. The molecule has 5 aromatic rings. The number of halogens is 1. The number of ether oxygens (including phenoxy) is 1. The van der Waals surface area contributed by atoms with Gasteiger partial charge in [0.1, 0.15) is 24.6 Å². The molecular formula is C27H25BrN8O5. The first kappa shape index (κ1) is 27.0. The zero-order valence-corrected chi connectivity index (χ0v) is 22.9. The zero-order valence-electron chi connectivity index (χ0n) is 21.4. The van der Waals surface area contributed by atoms with Gasteiger partial charge in [-0.15, -0.1) is 10.2 Å². The van der Waals surface area contributed by atoms with Crippen molar-refractivity contribution in [2.24, 2.45) is 10.2 Å². The number of benzene rings is 2. The van der Waals surface area contributed by atoms with Crippen LogP contribution in [0.5, 0.6) is 5.75 Å². The second-order valence-corrected chi connectivity index (χ2v) is 10.3. The molecule has 41 heavy (non-hydrogen) atoms. The summed E-state index contributed by atoms with van der Waals surface area (Å²) in [7, 11) is 0. The number of azo groups is 1. The molecule has 4 atom stereocenters. The standard InChI is InChI=1S/C27H25BrN8O5/c28-15-8-9-17-16(11-15)20(38)25(35(17)10-4-7-14-5-2-1-3-6-14)33-34-27-32-19-23(29)30-13-31-24(19)36(27)26-22(40)21(39)18(12-37)41-26/h1-9,11,13,18,21-22,26,37-40H,10,12H2,(H2,29,30,31)/b7-4+,34-33+/t18-,21-,22-,26-/m1/s1. The summed E-state index contributed by atoms with van der Waals surface area (Å²) in [6, 6.07) is 15.3. The fourth-order valence-electron chi connectivity index (χ4n) is 4.85. The van der Waals surface area contributed by atoms with Crippen molar-refractivity contribution in [1.82, 2.24) is 24.1 Å². The van der Waals surface area contributed by atoms with E-state index in [1.165, 1.54) is 10.9 Å². The van der Waals surface area contributed by atoms with Gasteiger partial charge in [0.25, 0.3) is 5.95 Å². The molecule has 0 bridgehead atoms. The Hall–Kier alpha value is -4.21. The number of fused-ring (bicyclic) bond motifs is 2. The Morgan fingerprint density at radius 3 is 2.63 bits per heavy atom. The Bertz CT molecular complexity index is 1790. The number of rotatable bonds is 7. The van der Waals surface area contributed by atoms with Crippen LogP contribution >= 0.6 is 15.9 Å². The lowest BCUT2D eigenvalue weighted by Gasteiger charge is -2.17. The van der Waals surface area contributed by atoms with Gasteiger partial charge in [0.15, 0.2) is 34.8 Å². The summed E-state index contributed by atoms with van der Waals surface area (Å²) in [6.07, 6.45) is 0.0736. The zero-order chi connectivity index (χ0) is 28.7. The second kappa shape index (κ2) is 11.0. The molecule has 4 heterocycles. The molecule has 3 aromatic heterocycles. The van der Waals surface area contributed by atoms with Gasteiger partial charge in [0.05, 0.1) is 12.1 Å². The Balaban J connectivity index is 1.46. The third kappa shape index (κ3) is 4.85. The molecule has 1 aliphatic rings. The lowest BCUT2D eigenvalue weighted by atomic mass is 10.1. The summed E-state index contributed by atoms with van der Waals surface area (Å²) in [4.78, 5) is 12.6. The number of aliphatic hydroxyl groups excluding tert-OH is 3. The number of nitrogens with two attached hydrogens (primary N) is 1. The van der Waals surface area contributed by atoms with E-state index < -0.39 is 31.1 Å². The number of anilines is 1. The topological polar surface area (TPSA) is 189 Å². The molecule has 14 heteroatoms. The highest BCUT2D eigenvalue weighted by Gasteiger charge is 2.45. The highest BCUT2D eigenvalue weighted by molar-refractivity contribution is 9.10. The molecule has 6 N–H and O–H groups in total. The van der Waals surface area contributed by atoms with Gasteiger partial charge in [0, 0.05) is 16.4 Å². The fraction of sp³-hybridized carbons (Fsp3) is 0.222. The van der Waals surface area contributed by atoms with Gasteiger partial charge in [-0.25, -0.2) is 15.0 Å². The van der Waals surface area contributed by atoms with Crippen molar-refractivity contribution in [3.8, 4) is 5.75 Å². The van der Waals surface area contributed by atoms with Crippen molar-refractivity contribution >= 4 is 61.7 Å². The van der Waals surface area contributed by atoms with E-state index in [1.54, 1.807) is 10.6 Å². The van der Waals surface area contributed by atoms with E-state index >= 15 is 0 Å². The van der Waals surface area contributed by atoms with Crippen LogP contribution in [0.2, 0.25) is 0 Å². The van der Waals surface area contributed by atoms with Crippen LogP contribution in [0, 0.1) is 0 Å². The summed E-state index contributed by atoms with van der Waals surface area (Å²) < 4.78 is 9.63. The van der Waals surface area contributed by atoms with E-state index in [-0.39, 0.29) is 34.5 Å². The average Bonchev–Trinajstić information content (AvgIpc) is 3.57. The lowest BCUT2D eigenvalue weighted by molar-refractivity contribution is -0.0503. The number of imidazole rings is 1. The average molecular weight is 621 g/mol. The van der Waals surface area contributed by atoms with Gasteiger partial charge in [-0.05, 0) is 23.8 Å². The molecule has 13 nitrogen and oxygen atoms in total. The highest BCUT2D eigenvalue weighted by atomic mass is 79.9. The van der Waals surface area contributed by atoms with Gasteiger partial charge in [-0.1, -0.05) is 58.4 Å². The van der Waals surface area contributed by atoms with E-state index in [0.717, 1.165) is 15.6 Å². The van der Waals surface area contributed by atoms with Crippen LogP contribution in [0.25, 0.3) is 28.1 Å². The first-order valence-electron chi connectivity index (χ1n) is 12.6. The predicted octanol–water partition coefficient (Wildman–Crippen LogP) is 3.57. The Morgan fingerprint density at radius 2 is 1.88 bits per heavy atom. The van der Waals surface area contributed by atoms with Crippen molar-refractivity contribution in [2.75, 3.05) is 12.3 Å². The van der Waals surface area contributed by atoms with Crippen LogP contribution in [0.3, 0.4) is 0 Å². The highest BCUT2D eigenvalue weighted by Crippen LogP contribution is 2.41. The Kier molecular flexibility index (Phi) is 7.23. The second-order valence-electron chi connectivity index (χ2n) is 9.40. The number of nitrogen functional groups attached to an aromatic ring is 1. The van der Waals surface area contributed by atoms with Crippen LogP contribution in [-0.2, 0) is 11.3 Å². The molecule has 0 amide bonds. The van der Waals surface area contributed by atoms with E-state index in [2.05, 4.69) is 41.1 Å². The SMILES string of the molecule is Nc1ncnc2c1nc(/N=N/c1c(O)c3cc(Br)ccc3n1C/C=C/c1ccccc1)n2[C@@H]1O[C@H](CO)[C@@H](O)[C@H]1O. The molecule has 6 rings (SSSR count). The van der Waals surface area contributed by atoms with E-state index in [0.29, 0.717) is 11.9 Å². The largest absolute Gasteiger partial charge is 0.504 e. The molecule has 2 aromatic carbocycles. The Morgan fingerprint density at radius 1 is 1.07 bits per heavy atom. The summed E-state index contributed by atoms with van der Waals surface area (Å²) in [5, 5.41) is 51.1. The third-order valence-electron chi connectivity index (χ3n) is 6.86. The first-order chi connectivity index (χ1) is 19.9. The number of nitrogens with zero attached hydrogens (tertiary/aromatic N) is 7. The van der Waals surface area contributed by atoms with Crippen LogP contribution in [-0.4, -0.2) is 69.4 Å². The summed E-state index contributed by atoms with van der Waals surface area (Å²) in [6.45, 7) is -0.152. The van der Waals surface area contributed by atoms with Crippen molar-refractivity contribution in [2.45, 2.75) is 31.1 Å². The summed E-state index contributed by atoms with van der Waals surface area (Å²) in [5.41, 5.74) is 8.13. The number of aromatic hydroxyl groups is 1. The van der Waals surface area contributed by atoms with Gasteiger partial charge in [0.2, 0.25) is 0 Å². The molecule has 0 radical (unpaired) electrons. The number of hydrogen-bond donors (Lipinski definition) is 5. The molecule has 0 unspecified atom stereocenters. The maximum atomic E-state index is 11.2. The minimum Gasteiger partial charge on any atom is -0.504 e. The maximum Gasteiger partial charge on any atom is 0.254 e. The summed E-state index contributed by atoms with van der Waals surface area (Å²) in [5.74, 6) is 0.0618. The molecule has 0 saturated carbocycles. The molecular weight excluding hydrogens is 596 g/mol. The maximum absolute atomic E-state index is 11.2. The molecule has 1 aliphatic heterocycles.